The molecule has 0 aliphatic carbocycles. The zero-order valence-electron chi connectivity index (χ0n) is 5.13. The zero-order valence-corrected chi connectivity index (χ0v) is 5.13. The Morgan fingerprint density at radius 2 is 2.25 bits per heavy atom. The average Bonchev–Trinajstić information content (AvgIpc) is 1.67. The van der Waals surface area contributed by atoms with Crippen LogP contribution in [0.2, 0.25) is 0 Å². The third-order valence-corrected chi connectivity index (χ3v) is 0.826. The normalized spacial score (nSPS) is 8.75. The highest BCUT2D eigenvalue weighted by Gasteiger charge is 2.01. The van der Waals surface area contributed by atoms with Crippen molar-refractivity contribution in [1.82, 2.24) is 5.01 Å². The summed E-state index contributed by atoms with van der Waals surface area (Å²) in [6.07, 6.45) is 0.817. The fourth-order valence-corrected chi connectivity index (χ4v) is 0.405. The smallest absolute Gasteiger partial charge is 0.159 e. The van der Waals surface area contributed by atoms with Crippen LogP contribution in [0, 0.1) is 10.1 Å². The highest BCUT2D eigenvalue weighted by molar-refractivity contribution is 4.29. The van der Waals surface area contributed by atoms with Gasteiger partial charge in [0.05, 0.1) is 13.6 Å². The van der Waals surface area contributed by atoms with Crippen LogP contribution in [-0.2, 0) is 0 Å². The fourth-order valence-electron chi connectivity index (χ4n) is 0.405. The van der Waals surface area contributed by atoms with Gasteiger partial charge in [0.25, 0.3) is 0 Å². The van der Waals surface area contributed by atoms with E-state index in [9.17, 15) is 10.1 Å². The van der Waals surface area contributed by atoms with Gasteiger partial charge >= 0.3 is 0 Å². The molecule has 0 atom stereocenters. The van der Waals surface area contributed by atoms with Crippen LogP contribution in [0.5, 0.6) is 0 Å². The quantitative estimate of drug-likeness (QED) is 0.401. The molecule has 0 saturated heterocycles. The monoisotopic (exact) mass is 118 g/mol. The van der Waals surface area contributed by atoms with E-state index in [-0.39, 0.29) is 0 Å². The Balaban J connectivity index is 3.32. The van der Waals surface area contributed by atoms with Gasteiger partial charge < -0.3 is 0 Å². The SMILES string of the molecule is CCCN(C)[N+](=O)[O-]. The van der Waals surface area contributed by atoms with E-state index in [2.05, 4.69) is 0 Å². The number of hydrogen-bond donors (Lipinski definition) is 0. The van der Waals surface area contributed by atoms with Crippen molar-refractivity contribution >= 4 is 0 Å². The van der Waals surface area contributed by atoms with E-state index in [1.807, 2.05) is 6.92 Å². The molecule has 4 nitrogen and oxygen atoms in total. The van der Waals surface area contributed by atoms with E-state index in [4.69, 9.17) is 0 Å². The van der Waals surface area contributed by atoms with Gasteiger partial charge in [-0.15, -0.1) is 5.01 Å². The summed E-state index contributed by atoms with van der Waals surface area (Å²) in [4.78, 5) is 9.82. The Bertz CT molecular complexity index is 84.1. The first-order valence-electron chi connectivity index (χ1n) is 2.54. The van der Waals surface area contributed by atoms with E-state index in [1.165, 1.54) is 7.05 Å². The second kappa shape index (κ2) is 3.23. The van der Waals surface area contributed by atoms with Gasteiger partial charge in [-0.3, -0.25) is 0 Å². The van der Waals surface area contributed by atoms with Crippen molar-refractivity contribution in [2.75, 3.05) is 13.6 Å². The van der Waals surface area contributed by atoms with Gasteiger partial charge in [0.15, 0.2) is 5.03 Å². The van der Waals surface area contributed by atoms with Gasteiger partial charge in [-0.1, -0.05) is 6.92 Å². The van der Waals surface area contributed by atoms with Crippen molar-refractivity contribution in [3.63, 3.8) is 0 Å². The fraction of sp³-hybridized carbons (Fsp3) is 1.00. The third kappa shape index (κ3) is 2.39. The maximum absolute atomic E-state index is 9.82. The molecular weight excluding hydrogens is 108 g/mol. The molecule has 0 unspecified atom stereocenters. The maximum atomic E-state index is 9.82. The summed E-state index contributed by atoms with van der Waals surface area (Å²) in [7, 11) is 1.46. The topological polar surface area (TPSA) is 46.4 Å². The molecule has 0 aromatic rings. The van der Waals surface area contributed by atoms with Crippen LogP contribution in [-0.4, -0.2) is 23.6 Å². The third-order valence-electron chi connectivity index (χ3n) is 0.826. The number of hydrogen-bond acceptors (Lipinski definition) is 2. The van der Waals surface area contributed by atoms with Crippen LogP contribution in [0.1, 0.15) is 13.3 Å². The van der Waals surface area contributed by atoms with Crippen LogP contribution in [0.25, 0.3) is 0 Å². The Hall–Kier alpha value is -0.800. The largest absolute Gasteiger partial charge is 0.235 e. The standard InChI is InChI=1S/C4H10N2O2/c1-3-4-5(2)6(7)8/h3-4H2,1-2H3. The molecular formula is C4H10N2O2. The molecule has 0 aliphatic rings. The molecule has 0 rings (SSSR count). The number of hydrazine groups is 1. The van der Waals surface area contributed by atoms with Gasteiger partial charge in [-0.25, -0.2) is 10.1 Å². The Kier molecular flexibility index (Phi) is 2.91. The summed E-state index contributed by atoms with van der Waals surface area (Å²) in [5.41, 5.74) is 0. The lowest BCUT2D eigenvalue weighted by atomic mass is 10.5. The van der Waals surface area contributed by atoms with Gasteiger partial charge in [0.2, 0.25) is 0 Å². The Labute approximate surface area is 48.2 Å². The molecule has 0 N–H and O–H groups in total. The maximum Gasteiger partial charge on any atom is 0.159 e. The van der Waals surface area contributed by atoms with Crippen molar-refractivity contribution in [3.05, 3.63) is 10.1 Å². The first kappa shape index (κ1) is 7.20. The van der Waals surface area contributed by atoms with Crippen molar-refractivity contribution in [2.45, 2.75) is 13.3 Å². The summed E-state index contributed by atoms with van der Waals surface area (Å²) in [5.74, 6) is 0. The summed E-state index contributed by atoms with van der Waals surface area (Å²) in [6, 6.07) is 0. The molecule has 0 aromatic carbocycles. The van der Waals surface area contributed by atoms with Crippen LogP contribution >= 0.6 is 0 Å². The minimum absolute atomic E-state index is 0.413. The highest BCUT2D eigenvalue weighted by atomic mass is 16.7. The molecule has 0 aliphatic heterocycles. The first-order valence-corrected chi connectivity index (χ1v) is 2.54. The Morgan fingerprint density at radius 3 is 2.38 bits per heavy atom. The van der Waals surface area contributed by atoms with E-state index in [1.54, 1.807) is 0 Å². The molecule has 0 spiro atoms. The molecule has 0 amide bonds. The Morgan fingerprint density at radius 1 is 1.75 bits per heavy atom. The van der Waals surface area contributed by atoms with Crippen molar-refractivity contribution < 1.29 is 5.03 Å². The number of nitro groups is 1. The molecule has 0 saturated carbocycles. The zero-order chi connectivity index (χ0) is 6.57. The molecule has 8 heavy (non-hydrogen) atoms. The second-order valence-corrected chi connectivity index (χ2v) is 1.62. The van der Waals surface area contributed by atoms with Crippen LogP contribution < -0.4 is 0 Å². The second-order valence-electron chi connectivity index (χ2n) is 1.62. The minimum atomic E-state index is -0.413. The summed E-state index contributed by atoms with van der Waals surface area (Å²) < 4.78 is 0. The summed E-state index contributed by atoms with van der Waals surface area (Å²) in [6.45, 7) is 2.42. The van der Waals surface area contributed by atoms with E-state index in [0.717, 1.165) is 11.4 Å². The highest BCUT2D eigenvalue weighted by Crippen LogP contribution is 1.83. The van der Waals surface area contributed by atoms with Gasteiger partial charge in [0.1, 0.15) is 0 Å². The van der Waals surface area contributed by atoms with E-state index >= 15 is 0 Å². The molecule has 0 fully saturated rings. The number of nitrogens with zero attached hydrogens (tertiary/aromatic N) is 2. The molecule has 0 bridgehead atoms. The lowest BCUT2D eigenvalue weighted by Gasteiger charge is -2.03. The predicted molar refractivity (Wildman–Crippen MR) is 29.9 cm³/mol. The van der Waals surface area contributed by atoms with Gasteiger partial charge in [0, 0.05) is 0 Å². The molecule has 0 heterocycles. The van der Waals surface area contributed by atoms with Crippen LogP contribution in [0.4, 0.5) is 0 Å². The molecule has 4 heteroatoms. The predicted octanol–water partition coefficient (Wildman–Crippen LogP) is 0.520. The van der Waals surface area contributed by atoms with E-state index < -0.39 is 5.03 Å². The van der Waals surface area contributed by atoms with Gasteiger partial charge in [-0.2, -0.15) is 0 Å². The summed E-state index contributed by atoms with van der Waals surface area (Å²) >= 11 is 0. The van der Waals surface area contributed by atoms with E-state index in [0.29, 0.717) is 6.54 Å². The van der Waals surface area contributed by atoms with Crippen LogP contribution in [0.15, 0.2) is 0 Å². The lowest BCUT2D eigenvalue weighted by Crippen LogP contribution is -2.25. The first-order chi connectivity index (χ1) is 3.68. The molecule has 0 aromatic heterocycles. The van der Waals surface area contributed by atoms with Crippen molar-refractivity contribution in [1.29, 1.82) is 0 Å². The lowest BCUT2D eigenvalue weighted by molar-refractivity contribution is -0.648. The van der Waals surface area contributed by atoms with Gasteiger partial charge in [-0.05, 0) is 6.42 Å². The van der Waals surface area contributed by atoms with Crippen molar-refractivity contribution in [2.24, 2.45) is 0 Å². The molecule has 48 valence electrons. The average molecular weight is 118 g/mol. The molecule has 0 radical (unpaired) electrons. The summed E-state index contributed by atoms with van der Waals surface area (Å²) in [5, 5.41) is 10.5. The number of rotatable bonds is 3. The van der Waals surface area contributed by atoms with Crippen molar-refractivity contribution in [3.8, 4) is 0 Å². The van der Waals surface area contributed by atoms with Crippen LogP contribution in [0.3, 0.4) is 0 Å². The minimum Gasteiger partial charge on any atom is -0.235 e.